The highest BCUT2D eigenvalue weighted by Crippen LogP contribution is 2.23. The van der Waals surface area contributed by atoms with Crippen LogP contribution in [-0.4, -0.2) is 28.8 Å². The molecule has 3 aromatic rings. The van der Waals surface area contributed by atoms with Crippen molar-refractivity contribution in [2.75, 3.05) is 13.7 Å². The Hall–Kier alpha value is -2.25. The maximum Gasteiger partial charge on any atom is 0.233 e. The molecule has 0 radical (unpaired) electrons. The van der Waals surface area contributed by atoms with Crippen LogP contribution in [0, 0.1) is 0 Å². The molecule has 126 valence electrons. The molecule has 6 nitrogen and oxygen atoms in total. The lowest BCUT2D eigenvalue weighted by molar-refractivity contribution is 0.0761. The van der Waals surface area contributed by atoms with Crippen LogP contribution >= 0.6 is 11.3 Å². The molecule has 0 amide bonds. The van der Waals surface area contributed by atoms with Gasteiger partial charge in [0, 0.05) is 17.6 Å². The van der Waals surface area contributed by atoms with Crippen LogP contribution in [0.15, 0.2) is 34.2 Å². The summed E-state index contributed by atoms with van der Waals surface area (Å²) in [5, 5.41) is 7.00. The predicted octanol–water partition coefficient (Wildman–Crippen LogP) is 3.89. The van der Waals surface area contributed by atoms with Gasteiger partial charge in [-0.3, -0.25) is 0 Å². The second kappa shape index (κ2) is 7.55. The van der Waals surface area contributed by atoms with Gasteiger partial charge in [-0.2, -0.15) is 4.98 Å². The lowest BCUT2D eigenvalue weighted by atomic mass is 10.2. The van der Waals surface area contributed by atoms with Gasteiger partial charge >= 0.3 is 0 Å². The topological polar surface area (TPSA) is 70.3 Å². The van der Waals surface area contributed by atoms with Gasteiger partial charge in [-0.15, -0.1) is 11.3 Å². The van der Waals surface area contributed by atoms with Gasteiger partial charge in [0.1, 0.15) is 16.9 Å². The molecule has 24 heavy (non-hydrogen) atoms. The molecule has 2 aromatic heterocycles. The first kappa shape index (κ1) is 16.6. The van der Waals surface area contributed by atoms with Gasteiger partial charge in [0.2, 0.25) is 11.7 Å². The molecular weight excluding hydrogens is 326 g/mol. The van der Waals surface area contributed by atoms with E-state index in [1.54, 1.807) is 18.4 Å². The Labute approximate surface area is 144 Å². The first-order valence-corrected chi connectivity index (χ1v) is 8.60. The minimum Gasteiger partial charge on any atom is -0.497 e. The second-order valence-electron chi connectivity index (χ2n) is 5.19. The van der Waals surface area contributed by atoms with Crippen molar-refractivity contribution in [3.8, 4) is 17.1 Å². The van der Waals surface area contributed by atoms with Crippen LogP contribution in [0.25, 0.3) is 11.4 Å². The number of hydrogen-bond acceptors (Lipinski definition) is 7. The third kappa shape index (κ3) is 3.80. The van der Waals surface area contributed by atoms with Gasteiger partial charge in [-0.1, -0.05) is 5.16 Å². The molecular formula is C17H19N3O3S. The highest BCUT2D eigenvalue weighted by molar-refractivity contribution is 7.09. The predicted molar refractivity (Wildman–Crippen MR) is 91.2 cm³/mol. The largest absolute Gasteiger partial charge is 0.497 e. The van der Waals surface area contributed by atoms with E-state index in [0.29, 0.717) is 24.7 Å². The minimum atomic E-state index is 0.00583. The normalized spacial score (nSPS) is 12.3. The molecule has 0 N–H and O–H groups in total. The van der Waals surface area contributed by atoms with Crippen LogP contribution in [0.1, 0.15) is 36.5 Å². The summed E-state index contributed by atoms with van der Waals surface area (Å²) in [5.41, 5.74) is 1.79. The van der Waals surface area contributed by atoms with Gasteiger partial charge in [-0.05, 0) is 38.1 Å². The Balaban J connectivity index is 1.69. The Morgan fingerprint density at radius 3 is 2.71 bits per heavy atom. The van der Waals surface area contributed by atoms with E-state index < -0.39 is 0 Å². The molecule has 0 bridgehead atoms. The fraction of sp³-hybridized carbons (Fsp3) is 0.353. The lowest BCUT2D eigenvalue weighted by Crippen LogP contribution is -1.99. The van der Waals surface area contributed by atoms with E-state index in [9.17, 15) is 0 Å². The minimum absolute atomic E-state index is 0.00583. The number of thiazole rings is 1. The molecule has 7 heteroatoms. The summed E-state index contributed by atoms with van der Waals surface area (Å²) in [6.45, 7) is 4.65. The summed E-state index contributed by atoms with van der Waals surface area (Å²) in [4.78, 5) is 9.01. The zero-order valence-corrected chi connectivity index (χ0v) is 14.7. The zero-order chi connectivity index (χ0) is 16.9. The fourth-order valence-electron chi connectivity index (χ4n) is 2.25. The van der Waals surface area contributed by atoms with E-state index in [1.165, 1.54) is 0 Å². The van der Waals surface area contributed by atoms with Gasteiger partial charge in [0.25, 0.3) is 0 Å². The molecule has 1 aromatic carbocycles. The molecule has 1 atom stereocenters. The highest BCUT2D eigenvalue weighted by Gasteiger charge is 2.14. The number of nitrogens with zero attached hydrogens (tertiary/aromatic N) is 3. The summed E-state index contributed by atoms with van der Waals surface area (Å²) in [7, 11) is 1.63. The van der Waals surface area contributed by atoms with E-state index in [2.05, 4.69) is 15.1 Å². The van der Waals surface area contributed by atoms with Crippen LogP contribution < -0.4 is 4.74 Å². The number of methoxy groups -OCH3 is 1. The first-order chi connectivity index (χ1) is 11.7. The van der Waals surface area contributed by atoms with Crippen LogP contribution in [0.4, 0.5) is 0 Å². The second-order valence-corrected chi connectivity index (χ2v) is 6.08. The highest BCUT2D eigenvalue weighted by atomic mass is 32.1. The molecule has 3 rings (SSSR count). The summed E-state index contributed by atoms with van der Waals surface area (Å²) in [5.74, 6) is 1.90. The van der Waals surface area contributed by atoms with Crippen molar-refractivity contribution < 1.29 is 14.0 Å². The Kier molecular flexibility index (Phi) is 5.22. The number of benzene rings is 1. The first-order valence-electron chi connectivity index (χ1n) is 7.72. The molecule has 2 heterocycles. The van der Waals surface area contributed by atoms with Crippen LogP contribution in [-0.2, 0) is 11.2 Å². The van der Waals surface area contributed by atoms with Crippen molar-refractivity contribution in [3.05, 3.63) is 46.2 Å². The number of ether oxygens (including phenoxy) is 2. The quantitative estimate of drug-likeness (QED) is 0.647. The van der Waals surface area contributed by atoms with Crippen molar-refractivity contribution >= 4 is 11.3 Å². The van der Waals surface area contributed by atoms with E-state index in [4.69, 9.17) is 14.0 Å². The molecule has 0 fully saturated rings. The average molecular weight is 345 g/mol. The average Bonchev–Trinajstić information content (AvgIpc) is 3.25. The third-order valence-corrected chi connectivity index (χ3v) is 4.54. The van der Waals surface area contributed by atoms with Crippen LogP contribution in [0.3, 0.4) is 0 Å². The summed E-state index contributed by atoms with van der Waals surface area (Å²) in [6.07, 6.45) is 0.518. The summed E-state index contributed by atoms with van der Waals surface area (Å²) < 4.78 is 16.0. The molecule has 0 saturated heterocycles. The SMILES string of the molecule is CCO[C@H](C)c1nc(Cc2nc(-c3ccc(OC)cc3)no2)cs1. The fourth-order valence-corrected chi connectivity index (χ4v) is 3.07. The van der Waals surface area contributed by atoms with E-state index >= 15 is 0 Å². The van der Waals surface area contributed by atoms with Crippen molar-refractivity contribution in [3.63, 3.8) is 0 Å². The van der Waals surface area contributed by atoms with E-state index in [-0.39, 0.29) is 6.10 Å². The van der Waals surface area contributed by atoms with Gasteiger partial charge in [-0.25, -0.2) is 4.98 Å². The van der Waals surface area contributed by atoms with E-state index in [1.807, 2.05) is 43.5 Å². The smallest absolute Gasteiger partial charge is 0.233 e. The van der Waals surface area contributed by atoms with Crippen molar-refractivity contribution in [1.82, 2.24) is 15.1 Å². The lowest BCUT2D eigenvalue weighted by Gasteiger charge is -2.06. The monoisotopic (exact) mass is 345 g/mol. The Bertz CT molecular complexity index is 782. The van der Waals surface area contributed by atoms with Gasteiger partial charge in [0.05, 0.1) is 19.2 Å². The van der Waals surface area contributed by atoms with E-state index in [0.717, 1.165) is 22.0 Å². The molecule has 0 saturated carbocycles. The Morgan fingerprint density at radius 1 is 1.21 bits per heavy atom. The van der Waals surface area contributed by atoms with Crippen molar-refractivity contribution in [2.24, 2.45) is 0 Å². The van der Waals surface area contributed by atoms with Crippen LogP contribution in [0.5, 0.6) is 5.75 Å². The summed E-state index contributed by atoms with van der Waals surface area (Å²) in [6, 6.07) is 7.54. The maximum atomic E-state index is 5.56. The molecule has 0 aliphatic rings. The van der Waals surface area contributed by atoms with Crippen molar-refractivity contribution in [1.29, 1.82) is 0 Å². The molecule has 0 unspecified atom stereocenters. The number of hydrogen-bond donors (Lipinski definition) is 0. The zero-order valence-electron chi connectivity index (χ0n) is 13.9. The maximum absolute atomic E-state index is 5.56. The number of aromatic nitrogens is 3. The molecule has 0 aliphatic heterocycles. The van der Waals surface area contributed by atoms with Crippen LogP contribution in [0.2, 0.25) is 0 Å². The third-order valence-electron chi connectivity index (χ3n) is 3.48. The van der Waals surface area contributed by atoms with Crippen molar-refractivity contribution in [2.45, 2.75) is 26.4 Å². The standard InChI is InChI=1S/C17H19N3O3S/c1-4-22-11(2)17-18-13(10-24-17)9-15-19-16(20-23-15)12-5-7-14(21-3)8-6-12/h5-8,10-11H,4,9H2,1-3H3/t11-/m1/s1. The molecule has 0 spiro atoms. The Morgan fingerprint density at radius 2 is 2.00 bits per heavy atom. The van der Waals surface area contributed by atoms with Gasteiger partial charge in [0.15, 0.2) is 0 Å². The number of rotatable bonds is 7. The molecule has 0 aliphatic carbocycles. The summed E-state index contributed by atoms with van der Waals surface area (Å²) >= 11 is 1.58. The van der Waals surface area contributed by atoms with Gasteiger partial charge < -0.3 is 14.0 Å².